The molecule has 0 spiro atoms. The summed E-state index contributed by atoms with van der Waals surface area (Å²) in [6.07, 6.45) is 2.10. The molecule has 18 heavy (non-hydrogen) atoms. The van der Waals surface area contributed by atoms with Gasteiger partial charge < -0.3 is 15.3 Å². The normalized spacial score (nSPS) is 10.2. The number of nitrogens with zero attached hydrogens (tertiary/aromatic N) is 3. The number of carbonyl (C=O) groups excluding carboxylic acids is 1. The number of aliphatic hydroxyl groups excluding tert-OH is 1. The molecule has 6 nitrogen and oxygen atoms in total. The van der Waals surface area contributed by atoms with Gasteiger partial charge in [0, 0.05) is 20.1 Å². The van der Waals surface area contributed by atoms with Crippen LogP contribution in [0.1, 0.15) is 30.3 Å². The number of carbonyl (C=O) groups is 1. The van der Waals surface area contributed by atoms with Crippen LogP contribution in [0.25, 0.3) is 0 Å². The number of amides is 1. The summed E-state index contributed by atoms with van der Waals surface area (Å²) >= 11 is 0. The summed E-state index contributed by atoms with van der Waals surface area (Å²) in [4.78, 5) is 13.3. The molecule has 1 rings (SSSR count). The highest BCUT2D eigenvalue weighted by atomic mass is 16.3. The molecule has 0 bridgehead atoms. The fraction of sp³-hybridized carbons (Fsp3) is 0.583. The Balaban J connectivity index is 2.76. The van der Waals surface area contributed by atoms with Crippen molar-refractivity contribution in [3.8, 4) is 0 Å². The molecule has 100 valence electrons. The molecule has 0 atom stereocenters. The van der Waals surface area contributed by atoms with Gasteiger partial charge in [0.25, 0.3) is 5.91 Å². The second kappa shape index (κ2) is 7.60. The number of aromatic nitrogens is 2. The SMILES string of the molecule is CCCCN(CCO)c1ccc(C(=O)NC)nn1. The third-order valence-corrected chi connectivity index (χ3v) is 2.59. The van der Waals surface area contributed by atoms with Gasteiger partial charge in [0.05, 0.1) is 6.61 Å². The van der Waals surface area contributed by atoms with E-state index in [2.05, 4.69) is 22.4 Å². The molecule has 1 heterocycles. The minimum atomic E-state index is -0.253. The van der Waals surface area contributed by atoms with Crippen molar-refractivity contribution < 1.29 is 9.90 Å². The van der Waals surface area contributed by atoms with E-state index in [4.69, 9.17) is 5.11 Å². The van der Waals surface area contributed by atoms with Crippen LogP contribution >= 0.6 is 0 Å². The van der Waals surface area contributed by atoms with Crippen molar-refractivity contribution >= 4 is 11.7 Å². The molecule has 0 aliphatic carbocycles. The number of hydrogen-bond acceptors (Lipinski definition) is 5. The van der Waals surface area contributed by atoms with Gasteiger partial charge in [0.1, 0.15) is 0 Å². The highest BCUT2D eigenvalue weighted by molar-refractivity contribution is 5.91. The molecule has 0 saturated heterocycles. The average molecular weight is 252 g/mol. The first-order chi connectivity index (χ1) is 8.72. The Bertz CT molecular complexity index is 367. The Morgan fingerprint density at radius 3 is 2.67 bits per heavy atom. The summed E-state index contributed by atoms with van der Waals surface area (Å²) in [5.41, 5.74) is 0.292. The maximum Gasteiger partial charge on any atom is 0.271 e. The lowest BCUT2D eigenvalue weighted by Gasteiger charge is -2.21. The molecule has 1 aromatic rings. The van der Waals surface area contributed by atoms with E-state index in [1.165, 1.54) is 0 Å². The third kappa shape index (κ3) is 3.96. The molecular formula is C12H20N4O2. The molecule has 0 aromatic carbocycles. The summed E-state index contributed by atoms with van der Waals surface area (Å²) < 4.78 is 0. The third-order valence-electron chi connectivity index (χ3n) is 2.59. The van der Waals surface area contributed by atoms with Gasteiger partial charge in [0.15, 0.2) is 11.5 Å². The number of unbranched alkanes of at least 4 members (excludes halogenated alkanes) is 1. The van der Waals surface area contributed by atoms with Crippen molar-refractivity contribution in [3.63, 3.8) is 0 Å². The summed E-state index contributed by atoms with van der Waals surface area (Å²) in [6, 6.07) is 3.39. The van der Waals surface area contributed by atoms with Crippen LogP contribution in [0, 0.1) is 0 Å². The van der Waals surface area contributed by atoms with E-state index in [0.29, 0.717) is 18.1 Å². The molecular weight excluding hydrogens is 232 g/mol. The lowest BCUT2D eigenvalue weighted by Crippen LogP contribution is -2.29. The predicted octanol–water partition coefficient (Wildman–Crippen LogP) is 0.435. The first kappa shape index (κ1) is 14.4. The highest BCUT2D eigenvalue weighted by Crippen LogP contribution is 2.10. The lowest BCUT2D eigenvalue weighted by molar-refractivity contribution is 0.0957. The van der Waals surface area contributed by atoms with Crippen molar-refractivity contribution in [2.75, 3.05) is 31.6 Å². The highest BCUT2D eigenvalue weighted by Gasteiger charge is 2.10. The Kier molecular flexibility index (Phi) is 6.07. The molecule has 0 aliphatic heterocycles. The van der Waals surface area contributed by atoms with Crippen LogP contribution in [-0.2, 0) is 0 Å². The van der Waals surface area contributed by atoms with Gasteiger partial charge in [0.2, 0.25) is 0 Å². The number of aliphatic hydroxyl groups is 1. The van der Waals surface area contributed by atoms with Crippen LogP contribution in [0.4, 0.5) is 5.82 Å². The minimum Gasteiger partial charge on any atom is -0.395 e. The number of hydrogen-bond donors (Lipinski definition) is 2. The van der Waals surface area contributed by atoms with Gasteiger partial charge in [-0.15, -0.1) is 10.2 Å². The molecule has 2 N–H and O–H groups in total. The van der Waals surface area contributed by atoms with Crippen LogP contribution in [-0.4, -0.2) is 48.0 Å². The number of nitrogens with one attached hydrogen (secondary N) is 1. The maximum absolute atomic E-state index is 11.3. The number of rotatable bonds is 7. The molecule has 0 radical (unpaired) electrons. The van der Waals surface area contributed by atoms with Crippen LogP contribution in [0.15, 0.2) is 12.1 Å². The Morgan fingerprint density at radius 1 is 1.39 bits per heavy atom. The molecule has 0 fully saturated rings. The maximum atomic E-state index is 11.3. The van der Waals surface area contributed by atoms with E-state index in [1.807, 2.05) is 4.90 Å². The van der Waals surface area contributed by atoms with Crippen molar-refractivity contribution in [3.05, 3.63) is 17.8 Å². The Morgan fingerprint density at radius 2 is 2.17 bits per heavy atom. The fourth-order valence-electron chi connectivity index (χ4n) is 1.55. The standard InChI is InChI=1S/C12H20N4O2/c1-3-4-7-16(8-9-17)11-6-5-10(14-15-11)12(18)13-2/h5-6,17H,3-4,7-9H2,1-2H3,(H,13,18). The van der Waals surface area contributed by atoms with Crippen LogP contribution in [0.3, 0.4) is 0 Å². The van der Waals surface area contributed by atoms with Gasteiger partial charge >= 0.3 is 0 Å². The van der Waals surface area contributed by atoms with E-state index in [1.54, 1.807) is 19.2 Å². The fourth-order valence-corrected chi connectivity index (χ4v) is 1.55. The van der Waals surface area contributed by atoms with Gasteiger partial charge in [-0.05, 0) is 18.6 Å². The smallest absolute Gasteiger partial charge is 0.271 e. The molecule has 1 amide bonds. The summed E-state index contributed by atoms with van der Waals surface area (Å²) in [5.74, 6) is 0.432. The first-order valence-corrected chi connectivity index (χ1v) is 6.14. The largest absolute Gasteiger partial charge is 0.395 e. The minimum absolute atomic E-state index is 0.0720. The first-order valence-electron chi connectivity index (χ1n) is 6.14. The number of anilines is 1. The summed E-state index contributed by atoms with van der Waals surface area (Å²) in [5, 5.41) is 19.4. The second-order valence-electron chi connectivity index (χ2n) is 3.92. The summed E-state index contributed by atoms with van der Waals surface area (Å²) in [6.45, 7) is 3.53. The van der Waals surface area contributed by atoms with Gasteiger partial charge in [-0.2, -0.15) is 0 Å². The molecule has 1 aromatic heterocycles. The van der Waals surface area contributed by atoms with Crippen molar-refractivity contribution in [1.29, 1.82) is 0 Å². The van der Waals surface area contributed by atoms with Gasteiger partial charge in [-0.1, -0.05) is 13.3 Å². The van der Waals surface area contributed by atoms with E-state index in [0.717, 1.165) is 19.4 Å². The van der Waals surface area contributed by atoms with Crippen LogP contribution in [0.5, 0.6) is 0 Å². The van der Waals surface area contributed by atoms with Crippen molar-refractivity contribution in [1.82, 2.24) is 15.5 Å². The Labute approximate surface area is 107 Å². The Hall–Kier alpha value is -1.69. The van der Waals surface area contributed by atoms with Crippen molar-refractivity contribution in [2.45, 2.75) is 19.8 Å². The second-order valence-corrected chi connectivity index (χ2v) is 3.92. The van der Waals surface area contributed by atoms with Gasteiger partial charge in [-0.25, -0.2) is 0 Å². The monoisotopic (exact) mass is 252 g/mol. The van der Waals surface area contributed by atoms with Crippen molar-refractivity contribution in [2.24, 2.45) is 0 Å². The topological polar surface area (TPSA) is 78.4 Å². The van der Waals surface area contributed by atoms with E-state index < -0.39 is 0 Å². The van der Waals surface area contributed by atoms with Crippen LogP contribution < -0.4 is 10.2 Å². The molecule has 6 heteroatoms. The van der Waals surface area contributed by atoms with E-state index in [9.17, 15) is 4.79 Å². The van der Waals surface area contributed by atoms with E-state index in [-0.39, 0.29) is 12.5 Å². The zero-order chi connectivity index (χ0) is 13.4. The summed E-state index contributed by atoms with van der Waals surface area (Å²) in [7, 11) is 1.55. The quantitative estimate of drug-likeness (QED) is 0.736. The zero-order valence-electron chi connectivity index (χ0n) is 10.9. The predicted molar refractivity (Wildman–Crippen MR) is 69.6 cm³/mol. The van der Waals surface area contributed by atoms with Gasteiger partial charge in [-0.3, -0.25) is 4.79 Å². The zero-order valence-corrected chi connectivity index (χ0v) is 10.9. The molecule has 0 unspecified atom stereocenters. The van der Waals surface area contributed by atoms with E-state index >= 15 is 0 Å². The molecule has 0 aliphatic rings. The average Bonchev–Trinajstić information content (AvgIpc) is 2.43. The van der Waals surface area contributed by atoms with Crippen LogP contribution in [0.2, 0.25) is 0 Å². The lowest BCUT2D eigenvalue weighted by atomic mass is 10.3. The molecule has 0 saturated carbocycles.